The van der Waals surface area contributed by atoms with Crippen LogP contribution in [0.4, 0.5) is 0 Å². The summed E-state index contributed by atoms with van der Waals surface area (Å²) in [7, 11) is 9.40. The van der Waals surface area contributed by atoms with Gasteiger partial charge >= 0.3 is 33.0 Å². The molecule has 0 bridgehead atoms. The van der Waals surface area contributed by atoms with Crippen molar-refractivity contribution in [2.75, 3.05) is 0 Å². The molecule has 0 saturated carbocycles. The van der Waals surface area contributed by atoms with Crippen molar-refractivity contribution < 1.29 is 12.7 Å². The molecule has 1 aliphatic carbocycles. The van der Waals surface area contributed by atoms with E-state index in [0.717, 1.165) is 0 Å². The van der Waals surface area contributed by atoms with Crippen molar-refractivity contribution in [1.82, 2.24) is 0 Å². The van der Waals surface area contributed by atoms with Crippen molar-refractivity contribution in [2.45, 2.75) is 25.7 Å². The first-order valence-corrected chi connectivity index (χ1v) is 6.26. The van der Waals surface area contributed by atoms with Crippen LogP contribution in [0, 0.1) is 0 Å². The van der Waals surface area contributed by atoms with Gasteiger partial charge in [-0.2, -0.15) is 0 Å². The van der Waals surface area contributed by atoms with Gasteiger partial charge in [-0.15, -0.1) is 0 Å². The zero-order chi connectivity index (χ0) is 8.36. The molecule has 0 aromatic heterocycles. The van der Waals surface area contributed by atoms with Gasteiger partial charge in [-0.1, -0.05) is 24.3 Å². The monoisotopic (exact) mass is 236 g/mol. The quantitative estimate of drug-likeness (QED) is 0.441. The van der Waals surface area contributed by atoms with E-state index in [2.05, 4.69) is 24.3 Å². The first-order chi connectivity index (χ1) is 5.41. The van der Waals surface area contributed by atoms with Gasteiger partial charge in [0.1, 0.15) is 0 Å². The van der Waals surface area contributed by atoms with Gasteiger partial charge in [0.25, 0.3) is 0 Å². The summed E-state index contributed by atoms with van der Waals surface area (Å²) in [5, 5.41) is 0. The normalized spacial score (nSPS) is 16.5. The molecule has 0 N–H and O–H groups in total. The second-order valence-corrected chi connectivity index (χ2v) is 3.77. The predicted molar refractivity (Wildman–Crippen MR) is 48.5 cm³/mol. The van der Waals surface area contributed by atoms with Crippen LogP contribution in [0.5, 0.6) is 0 Å². The molecular weight excluding hydrogens is 226 g/mol. The van der Waals surface area contributed by atoms with E-state index in [-0.39, 0.29) is 0 Å². The van der Waals surface area contributed by atoms with Crippen LogP contribution in [0.3, 0.4) is 0 Å². The van der Waals surface area contributed by atoms with Crippen LogP contribution in [-0.4, -0.2) is 0 Å². The van der Waals surface area contributed by atoms with E-state index in [1.165, 1.54) is 25.7 Å². The maximum atomic E-state index is 4.70. The van der Waals surface area contributed by atoms with Gasteiger partial charge in [-0.05, 0) is 25.7 Å². The number of rotatable bonds is 0. The van der Waals surface area contributed by atoms with Gasteiger partial charge in [0.05, 0.1) is 0 Å². The summed E-state index contributed by atoms with van der Waals surface area (Å²) in [6.07, 6.45) is 14.0. The van der Waals surface area contributed by atoms with Crippen molar-refractivity contribution in [1.29, 1.82) is 0 Å². The molecule has 1 aliphatic rings. The Balaban J connectivity index is 0.000000292. The molecule has 0 atom stereocenters. The summed E-state index contributed by atoms with van der Waals surface area (Å²) < 4.78 is 0. The minimum absolute atomic E-state index is 0.569. The van der Waals surface area contributed by atoms with Crippen molar-refractivity contribution in [3.63, 3.8) is 0 Å². The summed E-state index contributed by atoms with van der Waals surface area (Å²) in [5.41, 5.74) is 0. The topological polar surface area (TPSA) is 0 Å². The first kappa shape index (κ1) is 11.6. The van der Waals surface area contributed by atoms with E-state index < -0.39 is 0 Å². The molecule has 0 heterocycles. The Kier molecular flexibility index (Phi) is 11.1. The zero-order valence-corrected chi connectivity index (χ0v) is 8.71. The molecule has 0 fully saturated rings. The Morgan fingerprint density at radius 2 is 0.909 bits per heavy atom. The Morgan fingerprint density at radius 3 is 1.09 bits per heavy atom. The van der Waals surface area contributed by atoms with Crippen molar-refractivity contribution in [3.8, 4) is 0 Å². The van der Waals surface area contributed by atoms with Crippen LogP contribution in [0.1, 0.15) is 25.7 Å². The Labute approximate surface area is 83.0 Å². The molecule has 11 heavy (non-hydrogen) atoms. The number of hydrogen-bond acceptors (Lipinski definition) is 0. The number of hydrogen-bond donors (Lipinski definition) is 0. The second-order valence-electron chi connectivity index (χ2n) is 2.14. The SMILES string of the molecule is C1=CCCC=CCC1.[Cl][Ni][Cl]. The van der Waals surface area contributed by atoms with Gasteiger partial charge in [-0.25, -0.2) is 0 Å². The zero-order valence-electron chi connectivity index (χ0n) is 6.21. The van der Waals surface area contributed by atoms with Gasteiger partial charge < -0.3 is 0 Å². The van der Waals surface area contributed by atoms with Crippen LogP contribution in [0.25, 0.3) is 0 Å². The summed E-state index contributed by atoms with van der Waals surface area (Å²) >= 11 is 0.569. The predicted octanol–water partition coefficient (Wildman–Crippen LogP) is 4.05. The van der Waals surface area contributed by atoms with Gasteiger partial charge in [0.15, 0.2) is 0 Å². The van der Waals surface area contributed by atoms with Crippen LogP contribution < -0.4 is 0 Å². The molecule has 0 amide bonds. The van der Waals surface area contributed by atoms with E-state index in [4.69, 9.17) is 20.4 Å². The third-order valence-electron chi connectivity index (χ3n) is 1.33. The molecule has 3 heteroatoms. The maximum absolute atomic E-state index is 4.70. The van der Waals surface area contributed by atoms with E-state index in [0.29, 0.717) is 12.7 Å². The fourth-order valence-corrected chi connectivity index (χ4v) is 0.856. The average molecular weight is 238 g/mol. The second kappa shape index (κ2) is 10.6. The molecule has 0 aromatic rings. The van der Waals surface area contributed by atoms with Crippen molar-refractivity contribution >= 4 is 20.4 Å². The molecule has 0 unspecified atom stereocenters. The first-order valence-electron chi connectivity index (χ1n) is 3.54. The average Bonchev–Trinajstić information content (AvgIpc) is 1.86. The fourth-order valence-electron chi connectivity index (χ4n) is 0.856. The van der Waals surface area contributed by atoms with Crippen molar-refractivity contribution in [2.24, 2.45) is 0 Å². The van der Waals surface area contributed by atoms with E-state index in [9.17, 15) is 0 Å². The van der Waals surface area contributed by atoms with Crippen LogP contribution in [0.15, 0.2) is 24.3 Å². The summed E-state index contributed by atoms with van der Waals surface area (Å²) in [6, 6.07) is 0. The molecule has 0 saturated heterocycles. The molecule has 0 aliphatic heterocycles. The molecular formula is C8H12Cl2Ni. The standard InChI is InChI=1S/C8H12.2ClH.Ni/c1-2-4-6-8-7-5-3-1;;;/h1-2,7-8H,3-6H2;2*1H;/q;;;+2/p-2. The van der Waals surface area contributed by atoms with E-state index >= 15 is 0 Å². The summed E-state index contributed by atoms with van der Waals surface area (Å²) in [4.78, 5) is 0. The van der Waals surface area contributed by atoms with Gasteiger partial charge in [0.2, 0.25) is 0 Å². The molecule has 0 aromatic carbocycles. The van der Waals surface area contributed by atoms with Gasteiger partial charge in [-0.3, -0.25) is 0 Å². The van der Waals surface area contributed by atoms with Crippen LogP contribution >= 0.6 is 20.4 Å². The Bertz CT molecular complexity index is 95.3. The van der Waals surface area contributed by atoms with E-state index in [1.807, 2.05) is 0 Å². The number of halogens is 2. The summed E-state index contributed by atoms with van der Waals surface area (Å²) in [6.45, 7) is 0. The molecule has 0 spiro atoms. The molecule has 68 valence electrons. The third kappa shape index (κ3) is 10.6. The summed E-state index contributed by atoms with van der Waals surface area (Å²) in [5.74, 6) is 0. The molecule has 0 radical (unpaired) electrons. The fraction of sp³-hybridized carbons (Fsp3) is 0.500. The Hall–Kier alpha value is 0.554. The minimum atomic E-state index is 0.569. The molecule has 0 nitrogen and oxygen atoms in total. The third-order valence-corrected chi connectivity index (χ3v) is 1.33. The van der Waals surface area contributed by atoms with Gasteiger partial charge in [0, 0.05) is 0 Å². The Morgan fingerprint density at radius 1 is 0.727 bits per heavy atom. The number of allylic oxidation sites excluding steroid dienone is 4. The van der Waals surface area contributed by atoms with E-state index in [1.54, 1.807) is 0 Å². The van der Waals surface area contributed by atoms with Crippen LogP contribution in [0.2, 0.25) is 0 Å². The van der Waals surface area contributed by atoms with Crippen LogP contribution in [-0.2, 0) is 12.7 Å². The molecule has 1 rings (SSSR count). The van der Waals surface area contributed by atoms with Crippen molar-refractivity contribution in [3.05, 3.63) is 24.3 Å².